The van der Waals surface area contributed by atoms with E-state index in [9.17, 15) is 0 Å². The van der Waals surface area contributed by atoms with E-state index in [1.165, 1.54) is 11.9 Å². The largest absolute Gasteiger partial charge is 0.355 e. The van der Waals surface area contributed by atoms with E-state index in [0.29, 0.717) is 5.82 Å². The zero-order chi connectivity index (χ0) is 14.5. The molecule has 1 aromatic carbocycles. The second-order valence-electron chi connectivity index (χ2n) is 4.50. The first kappa shape index (κ1) is 14.6. The molecule has 1 aromatic heterocycles. The summed E-state index contributed by atoms with van der Waals surface area (Å²) in [6.45, 7) is 2.80. The molecular weight excluding hydrogens is 274 g/mol. The lowest BCUT2D eigenvalue weighted by Gasteiger charge is -2.22. The maximum absolute atomic E-state index is 5.90. The number of nitrogens with one attached hydrogen (secondary N) is 1. The summed E-state index contributed by atoms with van der Waals surface area (Å²) in [7, 11) is 2.00. The molecule has 0 spiro atoms. The summed E-state index contributed by atoms with van der Waals surface area (Å²) in [5, 5.41) is 0.738. The molecule has 0 aliphatic heterocycles. The summed E-state index contributed by atoms with van der Waals surface area (Å²) in [6.07, 6.45) is 2.32. The molecule has 0 saturated heterocycles. The van der Waals surface area contributed by atoms with Crippen LogP contribution >= 0.6 is 11.6 Å². The smallest absolute Gasteiger partial charge is 0.148 e. The lowest BCUT2D eigenvalue weighted by molar-refractivity contribution is 0.870. The van der Waals surface area contributed by atoms with Crippen molar-refractivity contribution in [1.82, 2.24) is 9.97 Å². The fourth-order valence-electron chi connectivity index (χ4n) is 2.12. The Morgan fingerprint density at radius 2 is 1.95 bits per heavy atom. The SMILES string of the molecule is CCc1c(NN)ncnc1N(C)Cc1ccc(Cl)cc1. The summed E-state index contributed by atoms with van der Waals surface area (Å²) in [4.78, 5) is 10.6. The average molecular weight is 292 g/mol. The van der Waals surface area contributed by atoms with Crippen LogP contribution < -0.4 is 16.2 Å². The van der Waals surface area contributed by atoms with Crippen molar-refractivity contribution in [1.29, 1.82) is 0 Å². The summed E-state index contributed by atoms with van der Waals surface area (Å²) < 4.78 is 0. The van der Waals surface area contributed by atoms with Crippen molar-refractivity contribution in [3.8, 4) is 0 Å². The van der Waals surface area contributed by atoms with Crippen molar-refractivity contribution < 1.29 is 0 Å². The Balaban J connectivity index is 2.24. The zero-order valence-electron chi connectivity index (χ0n) is 11.6. The molecule has 0 radical (unpaired) electrons. The van der Waals surface area contributed by atoms with Crippen molar-refractivity contribution in [3.63, 3.8) is 0 Å². The number of hydrogen-bond donors (Lipinski definition) is 2. The van der Waals surface area contributed by atoms with Gasteiger partial charge in [-0.1, -0.05) is 30.7 Å². The maximum Gasteiger partial charge on any atom is 0.148 e. The van der Waals surface area contributed by atoms with Gasteiger partial charge >= 0.3 is 0 Å². The Morgan fingerprint density at radius 1 is 1.25 bits per heavy atom. The van der Waals surface area contributed by atoms with Crippen molar-refractivity contribution in [2.45, 2.75) is 19.9 Å². The van der Waals surface area contributed by atoms with Crippen LogP contribution in [-0.4, -0.2) is 17.0 Å². The van der Waals surface area contributed by atoms with Gasteiger partial charge in [-0.3, -0.25) is 0 Å². The second kappa shape index (κ2) is 6.54. The number of aromatic nitrogens is 2. The van der Waals surface area contributed by atoms with Crippen LogP contribution in [0.15, 0.2) is 30.6 Å². The van der Waals surface area contributed by atoms with Crippen molar-refractivity contribution in [2.24, 2.45) is 5.84 Å². The van der Waals surface area contributed by atoms with E-state index in [2.05, 4.69) is 27.2 Å². The first-order valence-electron chi connectivity index (χ1n) is 6.41. The molecule has 6 heteroatoms. The van der Waals surface area contributed by atoms with Gasteiger partial charge in [-0.15, -0.1) is 0 Å². The van der Waals surface area contributed by atoms with Crippen LogP contribution in [0.5, 0.6) is 0 Å². The molecule has 2 rings (SSSR count). The monoisotopic (exact) mass is 291 g/mol. The summed E-state index contributed by atoms with van der Waals surface area (Å²) >= 11 is 5.90. The van der Waals surface area contributed by atoms with Gasteiger partial charge in [-0.2, -0.15) is 0 Å². The van der Waals surface area contributed by atoms with E-state index in [-0.39, 0.29) is 0 Å². The van der Waals surface area contributed by atoms with Crippen molar-refractivity contribution in [3.05, 3.63) is 46.7 Å². The maximum atomic E-state index is 5.90. The van der Waals surface area contributed by atoms with Gasteiger partial charge in [0.1, 0.15) is 18.0 Å². The van der Waals surface area contributed by atoms with E-state index in [4.69, 9.17) is 17.4 Å². The quantitative estimate of drug-likeness (QED) is 0.655. The van der Waals surface area contributed by atoms with E-state index in [1.54, 1.807) is 0 Å². The first-order chi connectivity index (χ1) is 9.65. The van der Waals surface area contributed by atoms with Gasteiger partial charge in [0.2, 0.25) is 0 Å². The Morgan fingerprint density at radius 3 is 2.55 bits per heavy atom. The molecule has 0 bridgehead atoms. The van der Waals surface area contributed by atoms with E-state index >= 15 is 0 Å². The molecule has 0 saturated carbocycles. The Kier molecular flexibility index (Phi) is 4.76. The molecule has 1 heterocycles. The average Bonchev–Trinajstić information content (AvgIpc) is 2.48. The summed E-state index contributed by atoms with van der Waals surface area (Å²) in [6, 6.07) is 7.79. The molecule has 0 unspecified atom stereocenters. The summed E-state index contributed by atoms with van der Waals surface area (Å²) in [5.74, 6) is 7.04. The van der Waals surface area contributed by atoms with Crippen LogP contribution in [-0.2, 0) is 13.0 Å². The molecule has 20 heavy (non-hydrogen) atoms. The van der Waals surface area contributed by atoms with Crippen molar-refractivity contribution in [2.75, 3.05) is 17.4 Å². The lowest BCUT2D eigenvalue weighted by Crippen LogP contribution is -2.21. The molecule has 5 nitrogen and oxygen atoms in total. The third kappa shape index (κ3) is 3.18. The van der Waals surface area contributed by atoms with E-state index < -0.39 is 0 Å². The predicted molar refractivity (Wildman–Crippen MR) is 82.8 cm³/mol. The zero-order valence-corrected chi connectivity index (χ0v) is 12.4. The van der Waals surface area contributed by atoms with E-state index in [1.807, 2.05) is 31.3 Å². The highest BCUT2D eigenvalue weighted by molar-refractivity contribution is 6.30. The summed E-state index contributed by atoms with van der Waals surface area (Å²) in [5.41, 5.74) is 4.79. The number of halogens is 1. The molecule has 0 aliphatic rings. The number of rotatable bonds is 5. The van der Waals surface area contributed by atoms with Gasteiger partial charge in [0.15, 0.2) is 0 Å². The molecule has 3 N–H and O–H groups in total. The Hall–Kier alpha value is -1.85. The van der Waals surface area contributed by atoms with E-state index in [0.717, 1.165) is 29.4 Å². The first-order valence-corrected chi connectivity index (χ1v) is 6.79. The number of nitrogen functional groups attached to an aromatic ring is 1. The fraction of sp³-hybridized carbons (Fsp3) is 0.286. The number of hydrazine groups is 1. The molecule has 0 atom stereocenters. The number of benzene rings is 1. The van der Waals surface area contributed by atoms with Gasteiger partial charge < -0.3 is 10.3 Å². The van der Waals surface area contributed by atoms with Crippen LogP contribution in [0.3, 0.4) is 0 Å². The van der Waals surface area contributed by atoms with Crippen LogP contribution in [0, 0.1) is 0 Å². The van der Waals surface area contributed by atoms with Crippen molar-refractivity contribution >= 4 is 23.2 Å². The second-order valence-corrected chi connectivity index (χ2v) is 4.94. The van der Waals surface area contributed by atoms with Gasteiger partial charge in [0.25, 0.3) is 0 Å². The van der Waals surface area contributed by atoms with Gasteiger partial charge in [0.05, 0.1) is 0 Å². The molecule has 106 valence electrons. The van der Waals surface area contributed by atoms with Gasteiger partial charge in [-0.25, -0.2) is 15.8 Å². The number of anilines is 2. The number of hydrogen-bond acceptors (Lipinski definition) is 5. The van der Waals surface area contributed by atoms with Crippen LogP contribution in [0.1, 0.15) is 18.1 Å². The van der Waals surface area contributed by atoms with Crippen LogP contribution in [0.4, 0.5) is 11.6 Å². The standard InChI is InChI=1S/C14H18ClN5/c1-3-12-13(19-16)17-9-18-14(12)20(2)8-10-4-6-11(15)7-5-10/h4-7,9H,3,8,16H2,1-2H3,(H,17,18,19). The normalized spacial score (nSPS) is 10.4. The highest BCUT2D eigenvalue weighted by Crippen LogP contribution is 2.24. The number of nitrogens with two attached hydrogens (primary N) is 1. The highest BCUT2D eigenvalue weighted by Gasteiger charge is 2.13. The minimum absolute atomic E-state index is 0.667. The lowest BCUT2D eigenvalue weighted by atomic mass is 10.2. The molecule has 0 amide bonds. The molecule has 2 aromatic rings. The Labute approximate surface area is 123 Å². The molecule has 0 fully saturated rings. The van der Waals surface area contributed by atoms with Gasteiger partial charge in [-0.05, 0) is 24.1 Å². The van der Waals surface area contributed by atoms with Crippen LogP contribution in [0.2, 0.25) is 5.02 Å². The minimum Gasteiger partial charge on any atom is -0.355 e. The van der Waals surface area contributed by atoms with Crippen LogP contribution in [0.25, 0.3) is 0 Å². The minimum atomic E-state index is 0.667. The predicted octanol–water partition coefficient (Wildman–Crippen LogP) is 2.61. The van der Waals surface area contributed by atoms with Gasteiger partial charge in [0, 0.05) is 24.2 Å². The number of nitrogens with zero attached hydrogens (tertiary/aromatic N) is 3. The Bertz CT molecular complexity index is 570. The highest BCUT2D eigenvalue weighted by atomic mass is 35.5. The third-order valence-corrected chi connectivity index (χ3v) is 3.36. The topological polar surface area (TPSA) is 67.1 Å². The molecule has 0 aliphatic carbocycles. The third-order valence-electron chi connectivity index (χ3n) is 3.11. The molecular formula is C14H18ClN5. The fourth-order valence-corrected chi connectivity index (χ4v) is 2.25.